The molecule has 2 rings (SSSR count). The van der Waals surface area contributed by atoms with E-state index in [1.807, 2.05) is 6.07 Å². The average molecular weight is 225 g/mol. The zero-order valence-corrected chi connectivity index (χ0v) is 9.31. The topological polar surface area (TPSA) is 12.0 Å². The number of rotatable bonds is 4. The van der Waals surface area contributed by atoms with Gasteiger partial charge in [-0.1, -0.05) is 6.07 Å². The number of alkyl halides is 1. The van der Waals surface area contributed by atoms with Gasteiger partial charge in [0.15, 0.2) is 0 Å². The van der Waals surface area contributed by atoms with Gasteiger partial charge in [-0.15, -0.1) is 0 Å². The summed E-state index contributed by atoms with van der Waals surface area (Å²) in [4.78, 5) is 0. The molecule has 0 aliphatic heterocycles. The van der Waals surface area contributed by atoms with Crippen molar-refractivity contribution in [3.63, 3.8) is 0 Å². The molecule has 1 aliphatic carbocycles. The molecule has 0 aromatic heterocycles. The predicted octanol–water partition coefficient (Wildman–Crippen LogP) is 3.15. The first-order valence-electron chi connectivity index (χ1n) is 5.89. The van der Waals surface area contributed by atoms with E-state index in [2.05, 4.69) is 5.32 Å². The molecule has 1 N–H and O–H groups in total. The van der Waals surface area contributed by atoms with Gasteiger partial charge in [0.25, 0.3) is 0 Å². The van der Waals surface area contributed by atoms with Gasteiger partial charge in [-0.2, -0.15) is 0 Å². The first-order valence-corrected chi connectivity index (χ1v) is 5.89. The Hall–Kier alpha value is -0.960. The molecule has 0 saturated carbocycles. The van der Waals surface area contributed by atoms with Gasteiger partial charge in [0.05, 0.1) is 6.67 Å². The Morgan fingerprint density at radius 2 is 2.25 bits per heavy atom. The molecule has 1 aromatic rings. The van der Waals surface area contributed by atoms with Crippen molar-refractivity contribution in [1.82, 2.24) is 5.32 Å². The zero-order valence-electron chi connectivity index (χ0n) is 9.31. The van der Waals surface area contributed by atoms with Gasteiger partial charge in [0.2, 0.25) is 0 Å². The standard InChI is InChI=1S/C13H17F2N/c14-7-2-8-16-13-4-1-3-10-9-11(15)5-6-12(10)13/h5-6,9,13,16H,1-4,7-8H2. The van der Waals surface area contributed by atoms with Crippen LogP contribution in [0, 0.1) is 5.82 Å². The van der Waals surface area contributed by atoms with Crippen molar-refractivity contribution < 1.29 is 8.78 Å². The van der Waals surface area contributed by atoms with Crippen molar-refractivity contribution in [2.75, 3.05) is 13.2 Å². The van der Waals surface area contributed by atoms with Crippen molar-refractivity contribution in [3.05, 3.63) is 35.1 Å². The monoisotopic (exact) mass is 225 g/mol. The Balaban J connectivity index is 2.07. The Labute approximate surface area is 94.9 Å². The van der Waals surface area contributed by atoms with E-state index in [0.29, 0.717) is 13.0 Å². The van der Waals surface area contributed by atoms with Gasteiger partial charge in [0.1, 0.15) is 5.82 Å². The molecule has 0 fully saturated rings. The van der Waals surface area contributed by atoms with Crippen molar-refractivity contribution in [2.24, 2.45) is 0 Å². The van der Waals surface area contributed by atoms with E-state index in [-0.39, 0.29) is 18.5 Å². The molecular weight excluding hydrogens is 208 g/mol. The summed E-state index contributed by atoms with van der Waals surface area (Å²) < 4.78 is 25.1. The highest BCUT2D eigenvalue weighted by Gasteiger charge is 2.19. The van der Waals surface area contributed by atoms with Crippen molar-refractivity contribution in [2.45, 2.75) is 31.7 Å². The van der Waals surface area contributed by atoms with Crippen LogP contribution in [0.1, 0.15) is 36.4 Å². The fourth-order valence-electron chi connectivity index (χ4n) is 2.34. The Morgan fingerprint density at radius 1 is 1.38 bits per heavy atom. The molecule has 1 nitrogen and oxygen atoms in total. The number of hydrogen-bond acceptors (Lipinski definition) is 1. The highest BCUT2D eigenvalue weighted by Crippen LogP contribution is 2.29. The minimum atomic E-state index is -0.282. The molecule has 0 radical (unpaired) electrons. The van der Waals surface area contributed by atoms with E-state index in [1.54, 1.807) is 6.07 Å². The lowest BCUT2D eigenvalue weighted by Crippen LogP contribution is -2.26. The van der Waals surface area contributed by atoms with E-state index in [0.717, 1.165) is 24.8 Å². The van der Waals surface area contributed by atoms with Crippen LogP contribution in [-0.2, 0) is 6.42 Å². The van der Waals surface area contributed by atoms with Crippen molar-refractivity contribution in [3.8, 4) is 0 Å². The van der Waals surface area contributed by atoms with Crippen LogP contribution in [0.25, 0.3) is 0 Å². The molecule has 1 aromatic carbocycles. The van der Waals surface area contributed by atoms with E-state index in [4.69, 9.17) is 0 Å². The number of hydrogen-bond donors (Lipinski definition) is 1. The molecule has 0 saturated heterocycles. The van der Waals surface area contributed by atoms with Crippen LogP contribution < -0.4 is 5.32 Å². The molecule has 3 heteroatoms. The Kier molecular flexibility index (Phi) is 3.88. The van der Waals surface area contributed by atoms with Gasteiger partial charge < -0.3 is 5.32 Å². The summed E-state index contributed by atoms with van der Waals surface area (Å²) in [5.74, 6) is -0.164. The summed E-state index contributed by atoms with van der Waals surface area (Å²) in [7, 11) is 0. The quantitative estimate of drug-likeness (QED) is 0.776. The highest BCUT2D eigenvalue weighted by atomic mass is 19.1. The molecule has 1 aliphatic rings. The van der Waals surface area contributed by atoms with E-state index in [9.17, 15) is 8.78 Å². The van der Waals surface area contributed by atoms with Crippen LogP contribution in [0.5, 0.6) is 0 Å². The summed E-state index contributed by atoms with van der Waals surface area (Å²) in [5.41, 5.74) is 2.29. The highest BCUT2D eigenvalue weighted by molar-refractivity contribution is 5.32. The largest absolute Gasteiger partial charge is 0.310 e. The lowest BCUT2D eigenvalue weighted by atomic mass is 9.87. The maximum atomic E-state index is 13.1. The van der Waals surface area contributed by atoms with Crippen LogP contribution in [0.4, 0.5) is 8.78 Å². The van der Waals surface area contributed by atoms with Crippen molar-refractivity contribution in [1.29, 1.82) is 0 Å². The Morgan fingerprint density at radius 3 is 3.06 bits per heavy atom. The molecular formula is C13H17F2N. The van der Waals surface area contributed by atoms with Gasteiger partial charge in [-0.05, 0) is 55.5 Å². The summed E-state index contributed by atoms with van der Waals surface area (Å²) in [6.45, 7) is 0.411. The third-order valence-electron chi connectivity index (χ3n) is 3.12. The number of nitrogens with one attached hydrogen (secondary N) is 1. The molecule has 1 unspecified atom stereocenters. The zero-order chi connectivity index (χ0) is 11.4. The van der Waals surface area contributed by atoms with Crippen LogP contribution in [0.2, 0.25) is 0 Å². The molecule has 0 spiro atoms. The maximum absolute atomic E-state index is 13.1. The van der Waals surface area contributed by atoms with Gasteiger partial charge in [0, 0.05) is 6.04 Å². The lowest BCUT2D eigenvalue weighted by Gasteiger charge is -2.26. The molecule has 16 heavy (non-hydrogen) atoms. The number of fused-ring (bicyclic) bond motifs is 1. The van der Waals surface area contributed by atoms with Crippen LogP contribution in [-0.4, -0.2) is 13.2 Å². The van der Waals surface area contributed by atoms with E-state index >= 15 is 0 Å². The van der Waals surface area contributed by atoms with E-state index < -0.39 is 0 Å². The third-order valence-corrected chi connectivity index (χ3v) is 3.12. The van der Waals surface area contributed by atoms with E-state index in [1.165, 1.54) is 11.6 Å². The second-order valence-corrected chi connectivity index (χ2v) is 4.28. The fraction of sp³-hybridized carbons (Fsp3) is 0.538. The van der Waals surface area contributed by atoms with Gasteiger partial charge in [-0.3, -0.25) is 4.39 Å². The molecule has 88 valence electrons. The minimum Gasteiger partial charge on any atom is -0.310 e. The molecule has 0 amide bonds. The lowest BCUT2D eigenvalue weighted by molar-refractivity contribution is 0.415. The van der Waals surface area contributed by atoms with Crippen LogP contribution in [0.3, 0.4) is 0 Å². The SMILES string of the molecule is FCCCNC1CCCc2cc(F)ccc21. The summed E-state index contributed by atoms with van der Waals surface area (Å²) in [6.07, 6.45) is 3.63. The summed E-state index contributed by atoms with van der Waals surface area (Å²) in [5, 5.41) is 3.34. The Bertz CT molecular complexity index is 352. The number of benzene rings is 1. The normalized spacial score (nSPS) is 19.5. The van der Waals surface area contributed by atoms with Crippen LogP contribution >= 0.6 is 0 Å². The summed E-state index contributed by atoms with van der Waals surface area (Å²) >= 11 is 0. The smallest absolute Gasteiger partial charge is 0.123 e. The first-order chi connectivity index (χ1) is 7.81. The molecule has 0 heterocycles. The molecule has 1 atom stereocenters. The number of halogens is 2. The minimum absolute atomic E-state index is 0.164. The average Bonchev–Trinajstić information content (AvgIpc) is 2.29. The predicted molar refractivity (Wildman–Crippen MR) is 60.7 cm³/mol. The van der Waals surface area contributed by atoms with Gasteiger partial charge in [-0.25, -0.2) is 4.39 Å². The summed E-state index contributed by atoms with van der Waals surface area (Å²) in [6, 6.07) is 5.26. The first kappa shape index (κ1) is 11.5. The van der Waals surface area contributed by atoms with Crippen LogP contribution in [0.15, 0.2) is 18.2 Å². The fourth-order valence-corrected chi connectivity index (χ4v) is 2.34. The molecule has 0 bridgehead atoms. The van der Waals surface area contributed by atoms with Crippen molar-refractivity contribution >= 4 is 0 Å². The second kappa shape index (κ2) is 5.39. The number of aryl methyl sites for hydroxylation is 1. The third kappa shape index (κ3) is 2.59. The second-order valence-electron chi connectivity index (χ2n) is 4.28. The van der Waals surface area contributed by atoms with Gasteiger partial charge >= 0.3 is 0 Å². The maximum Gasteiger partial charge on any atom is 0.123 e.